The fraction of sp³-hybridized carbons (Fsp3) is 0.353. The Balaban J connectivity index is 2.27. The monoisotopic (exact) mass is 364 g/mol. The Kier molecular flexibility index (Phi) is 6.41. The van der Waals surface area contributed by atoms with Crippen LogP contribution in [-0.4, -0.2) is 38.9 Å². The molecule has 2 rings (SSSR count). The number of hydrogen-bond donors (Lipinski definition) is 4. The Hall–Kier alpha value is -2.54. The maximum atomic E-state index is 10.8. The summed E-state index contributed by atoms with van der Waals surface area (Å²) in [6, 6.07) is 4.44. The number of aromatic nitrogens is 2. The van der Waals surface area contributed by atoms with Crippen molar-refractivity contribution in [3.05, 3.63) is 35.0 Å². The van der Waals surface area contributed by atoms with E-state index in [-0.39, 0.29) is 11.8 Å². The quantitative estimate of drug-likeness (QED) is 0.598. The summed E-state index contributed by atoms with van der Waals surface area (Å²) in [7, 11) is 0. The van der Waals surface area contributed by atoms with Crippen molar-refractivity contribution in [3.8, 4) is 17.1 Å². The van der Waals surface area contributed by atoms with E-state index < -0.39 is 6.09 Å². The zero-order chi connectivity index (χ0) is 18.4. The average Bonchev–Trinajstić information content (AvgIpc) is 2.60. The van der Waals surface area contributed by atoms with Gasteiger partial charge in [-0.1, -0.05) is 25.4 Å². The zero-order valence-corrected chi connectivity index (χ0v) is 14.8. The third kappa shape index (κ3) is 4.96. The molecule has 0 radical (unpaired) electrons. The number of aryl methyl sites for hydroxylation is 1. The molecule has 1 atom stereocenters. The lowest BCUT2D eigenvalue weighted by molar-refractivity contribution is 0.190. The molecule has 7 nitrogen and oxygen atoms in total. The number of benzene rings is 1. The van der Waals surface area contributed by atoms with Crippen molar-refractivity contribution in [1.29, 1.82) is 0 Å². The van der Waals surface area contributed by atoms with E-state index >= 15 is 0 Å². The van der Waals surface area contributed by atoms with Gasteiger partial charge in [0.25, 0.3) is 0 Å². The maximum Gasteiger partial charge on any atom is 0.404 e. The van der Waals surface area contributed by atoms with Crippen LogP contribution in [0.4, 0.5) is 10.6 Å². The summed E-state index contributed by atoms with van der Waals surface area (Å²) < 4.78 is 0. The summed E-state index contributed by atoms with van der Waals surface area (Å²) >= 11 is 5.99. The Bertz CT molecular complexity index is 755. The first-order valence-corrected chi connectivity index (χ1v) is 8.40. The van der Waals surface area contributed by atoms with Crippen molar-refractivity contribution < 1.29 is 15.0 Å². The van der Waals surface area contributed by atoms with Crippen LogP contribution in [0.3, 0.4) is 0 Å². The molecule has 0 aliphatic carbocycles. The average molecular weight is 365 g/mol. The molecule has 0 spiro atoms. The molecule has 8 heteroatoms. The molecule has 0 saturated carbocycles. The molecule has 1 amide bonds. The van der Waals surface area contributed by atoms with Gasteiger partial charge in [0.2, 0.25) is 0 Å². The number of hydrogen-bond acceptors (Lipinski definition) is 5. The number of anilines is 1. The summed E-state index contributed by atoms with van der Waals surface area (Å²) in [5.41, 5.74) is 1.34. The number of rotatable bonds is 7. The highest BCUT2D eigenvalue weighted by atomic mass is 35.5. The number of nitrogens with one attached hydrogen (secondary N) is 2. The van der Waals surface area contributed by atoms with Crippen LogP contribution in [0.2, 0.25) is 5.02 Å². The maximum absolute atomic E-state index is 10.8. The van der Waals surface area contributed by atoms with Gasteiger partial charge in [0.05, 0.1) is 5.56 Å². The molecule has 25 heavy (non-hydrogen) atoms. The van der Waals surface area contributed by atoms with Gasteiger partial charge >= 0.3 is 6.09 Å². The SMILES string of the molecule is CCc1cnc(-c2cc(Cl)ccc2O)nc1NC[C@@H](CC)NC(=O)O. The van der Waals surface area contributed by atoms with E-state index in [2.05, 4.69) is 20.6 Å². The van der Waals surface area contributed by atoms with Gasteiger partial charge < -0.3 is 20.8 Å². The van der Waals surface area contributed by atoms with Gasteiger partial charge in [-0.3, -0.25) is 0 Å². The van der Waals surface area contributed by atoms with E-state index in [0.717, 1.165) is 5.56 Å². The highest BCUT2D eigenvalue weighted by Gasteiger charge is 2.14. The zero-order valence-electron chi connectivity index (χ0n) is 14.1. The molecule has 0 aliphatic heterocycles. The third-order valence-electron chi connectivity index (χ3n) is 3.78. The Morgan fingerprint density at radius 2 is 2.12 bits per heavy atom. The smallest absolute Gasteiger partial charge is 0.404 e. The number of carbonyl (C=O) groups is 1. The van der Waals surface area contributed by atoms with Crippen molar-refractivity contribution >= 4 is 23.5 Å². The standard InChI is InChI=1S/C17H21ClN4O3/c1-3-10-8-19-16(13-7-11(18)5-6-14(13)23)22-15(10)20-9-12(4-2)21-17(24)25/h5-8,12,21,23H,3-4,9H2,1-2H3,(H,24,25)(H,19,20,22)/t12-/m1/s1. The van der Waals surface area contributed by atoms with Crippen LogP contribution >= 0.6 is 11.6 Å². The van der Waals surface area contributed by atoms with E-state index in [1.54, 1.807) is 18.3 Å². The summed E-state index contributed by atoms with van der Waals surface area (Å²) in [4.78, 5) is 19.6. The van der Waals surface area contributed by atoms with Crippen molar-refractivity contribution in [2.45, 2.75) is 32.7 Å². The molecular weight excluding hydrogens is 344 g/mol. The highest BCUT2D eigenvalue weighted by Crippen LogP contribution is 2.30. The summed E-state index contributed by atoms with van der Waals surface area (Å²) in [5.74, 6) is 0.995. The first-order chi connectivity index (χ1) is 11.9. The van der Waals surface area contributed by atoms with Gasteiger partial charge in [-0.25, -0.2) is 14.8 Å². The first kappa shape index (κ1) is 18.8. The predicted molar refractivity (Wildman–Crippen MR) is 97.3 cm³/mol. The van der Waals surface area contributed by atoms with Crippen molar-refractivity contribution in [1.82, 2.24) is 15.3 Å². The molecule has 2 aromatic rings. The summed E-state index contributed by atoms with van der Waals surface area (Å²) in [6.45, 7) is 4.28. The van der Waals surface area contributed by atoms with E-state index in [4.69, 9.17) is 16.7 Å². The second-order valence-electron chi connectivity index (χ2n) is 5.52. The van der Waals surface area contributed by atoms with Crippen LogP contribution in [-0.2, 0) is 6.42 Å². The van der Waals surface area contributed by atoms with Crippen LogP contribution in [0.5, 0.6) is 5.75 Å². The second-order valence-corrected chi connectivity index (χ2v) is 5.95. The Morgan fingerprint density at radius 1 is 1.36 bits per heavy atom. The van der Waals surface area contributed by atoms with Crippen molar-refractivity contribution in [2.75, 3.05) is 11.9 Å². The predicted octanol–water partition coefficient (Wildman–Crippen LogP) is 3.52. The largest absolute Gasteiger partial charge is 0.507 e. The number of aromatic hydroxyl groups is 1. The molecule has 4 N–H and O–H groups in total. The fourth-order valence-corrected chi connectivity index (χ4v) is 2.50. The Morgan fingerprint density at radius 3 is 2.76 bits per heavy atom. The van der Waals surface area contributed by atoms with E-state index in [9.17, 15) is 9.90 Å². The first-order valence-electron chi connectivity index (χ1n) is 8.02. The lowest BCUT2D eigenvalue weighted by Gasteiger charge is -2.17. The number of carboxylic acid groups (broad SMARTS) is 1. The lowest BCUT2D eigenvalue weighted by atomic mass is 10.1. The molecule has 1 aromatic heterocycles. The fourth-order valence-electron chi connectivity index (χ4n) is 2.33. The molecule has 0 fully saturated rings. The van der Waals surface area contributed by atoms with Crippen LogP contribution < -0.4 is 10.6 Å². The van der Waals surface area contributed by atoms with Gasteiger partial charge in [0.1, 0.15) is 11.6 Å². The van der Waals surface area contributed by atoms with Crippen LogP contribution in [0, 0.1) is 0 Å². The minimum atomic E-state index is -1.06. The van der Waals surface area contributed by atoms with Crippen molar-refractivity contribution in [2.24, 2.45) is 0 Å². The van der Waals surface area contributed by atoms with Gasteiger partial charge in [-0.2, -0.15) is 0 Å². The normalized spacial score (nSPS) is 11.8. The van der Waals surface area contributed by atoms with Gasteiger partial charge in [-0.15, -0.1) is 0 Å². The molecule has 0 unspecified atom stereocenters. The molecule has 1 aromatic carbocycles. The van der Waals surface area contributed by atoms with Gasteiger partial charge in [-0.05, 0) is 31.0 Å². The number of nitrogens with zero attached hydrogens (tertiary/aromatic N) is 2. The van der Waals surface area contributed by atoms with E-state index in [1.807, 2.05) is 13.8 Å². The molecule has 0 aliphatic rings. The second kappa shape index (κ2) is 8.53. The lowest BCUT2D eigenvalue weighted by Crippen LogP contribution is -2.38. The number of phenols is 1. The van der Waals surface area contributed by atoms with E-state index in [0.29, 0.717) is 41.6 Å². The van der Waals surface area contributed by atoms with E-state index in [1.165, 1.54) is 6.07 Å². The number of halogens is 1. The Labute approximate surface area is 151 Å². The van der Waals surface area contributed by atoms with Crippen LogP contribution in [0.15, 0.2) is 24.4 Å². The summed E-state index contributed by atoms with van der Waals surface area (Å²) in [6.07, 6.45) is 1.99. The van der Waals surface area contributed by atoms with Gasteiger partial charge in [0.15, 0.2) is 5.82 Å². The molecule has 0 saturated heterocycles. The minimum Gasteiger partial charge on any atom is -0.507 e. The molecule has 134 valence electrons. The molecule has 0 bridgehead atoms. The van der Waals surface area contributed by atoms with Crippen LogP contribution in [0.25, 0.3) is 11.4 Å². The summed E-state index contributed by atoms with van der Waals surface area (Å²) in [5, 5.41) is 25.0. The number of phenolic OH excluding ortho intramolecular Hbond substituents is 1. The van der Waals surface area contributed by atoms with Crippen molar-refractivity contribution in [3.63, 3.8) is 0 Å². The highest BCUT2D eigenvalue weighted by molar-refractivity contribution is 6.30. The minimum absolute atomic E-state index is 0.0403. The number of amides is 1. The molecular formula is C17H21ClN4O3. The van der Waals surface area contributed by atoms with Gasteiger partial charge in [0, 0.05) is 29.4 Å². The third-order valence-corrected chi connectivity index (χ3v) is 4.02. The van der Waals surface area contributed by atoms with Crippen LogP contribution in [0.1, 0.15) is 25.8 Å². The molecule has 1 heterocycles. The topological polar surface area (TPSA) is 107 Å².